The van der Waals surface area contributed by atoms with Crippen molar-refractivity contribution in [3.8, 4) is 0 Å². The van der Waals surface area contributed by atoms with E-state index >= 15 is 0 Å². The van der Waals surface area contributed by atoms with Crippen molar-refractivity contribution in [2.45, 2.75) is 18.5 Å². The smallest absolute Gasteiger partial charge is 0.325 e. The fourth-order valence-electron chi connectivity index (χ4n) is 2.65. The summed E-state index contributed by atoms with van der Waals surface area (Å²) < 4.78 is 0. The van der Waals surface area contributed by atoms with E-state index in [-0.39, 0.29) is 12.1 Å². The van der Waals surface area contributed by atoms with Crippen LogP contribution >= 0.6 is 0 Å². The summed E-state index contributed by atoms with van der Waals surface area (Å²) in [5, 5.41) is 9.66. The normalized spacial score (nSPS) is 22.7. The molecule has 1 atom stereocenters. The van der Waals surface area contributed by atoms with E-state index in [1.165, 1.54) is 0 Å². The van der Waals surface area contributed by atoms with Crippen molar-refractivity contribution in [2.75, 3.05) is 13.1 Å². The van der Waals surface area contributed by atoms with Gasteiger partial charge in [0.25, 0.3) is 5.56 Å². The van der Waals surface area contributed by atoms with Crippen LogP contribution in [0.5, 0.6) is 0 Å². The van der Waals surface area contributed by atoms with Gasteiger partial charge in [0.1, 0.15) is 11.4 Å². The molecule has 0 radical (unpaired) electrons. The van der Waals surface area contributed by atoms with Crippen LogP contribution in [-0.4, -0.2) is 44.6 Å². The number of carboxylic acid groups (broad SMARTS) is 1. The van der Waals surface area contributed by atoms with Gasteiger partial charge >= 0.3 is 5.97 Å². The third kappa shape index (κ3) is 2.53. The van der Waals surface area contributed by atoms with Crippen LogP contribution < -0.4 is 11.3 Å². The van der Waals surface area contributed by atoms with Gasteiger partial charge in [0.05, 0.1) is 17.4 Å². The topological polar surface area (TPSA) is 112 Å². The van der Waals surface area contributed by atoms with Crippen LogP contribution in [0.3, 0.4) is 0 Å². The van der Waals surface area contributed by atoms with Gasteiger partial charge in [0.15, 0.2) is 0 Å². The molecular formula is C14H16N4O3. The van der Waals surface area contributed by atoms with Gasteiger partial charge in [-0.3, -0.25) is 14.5 Å². The number of aromatic amines is 1. The maximum atomic E-state index is 12.0. The summed E-state index contributed by atoms with van der Waals surface area (Å²) >= 11 is 0. The number of H-pyrrole nitrogens is 1. The van der Waals surface area contributed by atoms with Crippen molar-refractivity contribution in [3.63, 3.8) is 0 Å². The lowest BCUT2D eigenvalue weighted by molar-refractivity contribution is -0.142. The second-order valence-corrected chi connectivity index (χ2v) is 5.45. The number of hydrogen-bond donors (Lipinski definition) is 3. The zero-order valence-electron chi connectivity index (χ0n) is 11.4. The number of aromatic nitrogens is 2. The van der Waals surface area contributed by atoms with Crippen molar-refractivity contribution in [1.82, 2.24) is 14.9 Å². The second-order valence-electron chi connectivity index (χ2n) is 5.45. The highest BCUT2D eigenvalue weighted by atomic mass is 16.4. The molecule has 2 heterocycles. The molecule has 0 aliphatic carbocycles. The van der Waals surface area contributed by atoms with E-state index in [1.807, 2.05) is 11.0 Å². The first-order chi connectivity index (χ1) is 9.98. The molecule has 0 amide bonds. The lowest BCUT2D eigenvalue weighted by Crippen LogP contribution is -2.50. The standard InChI is InChI=1S/C14H16N4O3/c15-14(13(20)21)5-6-18(8-14)7-11-16-10-4-2-1-3-9(10)12(19)17-11/h1-4H,5-8,15H2,(H,20,21)(H,16,17,19). The molecule has 3 rings (SSSR count). The van der Waals surface area contributed by atoms with E-state index < -0.39 is 11.5 Å². The van der Waals surface area contributed by atoms with Crippen molar-refractivity contribution < 1.29 is 9.90 Å². The molecule has 1 saturated heterocycles. The van der Waals surface area contributed by atoms with Crippen molar-refractivity contribution in [3.05, 3.63) is 40.4 Å². The lowest BCUT2D eigenvalue weighted by Gasteiger charge is -2.19. The van der Waals surface area contributed by atoms with Gasteiger partial charge in [-0.1, -0.05) is 12.1 Å². The number of nitrogens with two attached hydrogens (primary N) is 1. The van der Waals surface area contributed by atoms with Gasteiger partial charge in [-0.25, -0.2) is 4.98 Å². The van der Waals surface area contributed by atoms with Crippen LogP contribution in [0, 0.1) is 0 Å². The Kier molecular flexibility index (Phi) is 3.23. The van der Waals surface area contributed by atoms with Crippen LogP contribution in [-0.2, 0) is 11.3 Å². The number of nitrogens with zero attached hydrogens (tertiary/aromatic N) is 2. The quantitative estimate of drug-likeness (QED) is 0.727. The Bertz CT molecular complexity index is 757. The number of likely N-dealkylation sites (tertiary alicyclic amines) is 1. The van der Waals surface area contributed by atoms with Crippen molar-refractivity contribution >= 4 is 16.9 Å². The third-order valence-corrected chi connectivity index (χ3v) is 3.84. The Morgan fingerprint density at radius 3 is 2.95 bits per heavy atom. The Balaban J connectivity index is 1.83. The van der Waals surface area contributed by atoms with Crippen molar-refractivity contribution in [1.29, 1.82) is 0 Å². The molecule has 110 valence electrons. The summed E-state index contributed by atoms with van der Waals surface area (Å²) in [4.78, 5) is 32.1. The highest BCUT2D eigenvalue weighted by Crippen LogP contribution is 2.20. The molecule has 4 N–H and O–H groups in total. The van der Waals surface area contributed by atoms with Crippen LogP contribution in [0.15, 0.2) is 29.1 Å². The first kappa shape index (κ1) is 13.7. The first-order valence-electron chi connectivity index (χ1n) is 6.70. The van der Waals surface area contributed by atoms with Gasteiger partial charge in [-0.2, -0.15) is 0 Å². The Morgan fingerprint density at radius 1 is 1.48 bits per heavy atom. The van der Waals surface area contributed by atoms with Gasteiger partial charge in [0, 0.05) is 13.1 Å². The van der Waals surface area contributed by atoms with E-state index in [0.29, 0.717) is 36.2 Å². The fourth-order valence-corrected chi connectivity index (χ4v) is 2.65. The van der Waals surface area contributed by atoms with E-state index in [1.54, 1.807) is 18.2 Å². The minimum absolute atomic E-state index is 0.188. The van der Waals surface area contributed by atoms with Gasteiger partial charge in [-0.15, -0.1) is 0 Å². The maximum absolute atomic E-state index is 12.0. The fraction of sp³-hybridized carbons (Fsp3) is 0.357. The number of carbonyl (C=O) groups is 1. The largest absolute Gasteiger partial charge is 0.480 e. The van der Waals surface area contributed by atoms with Gasteiger partial charge in [-0.05, 0) is 18.6 Å². The van der Waals surface area contributed by atoms with Crippen LogP contribution in [0.1, 0.15) is 12.2 Å². The molecule has 7 nitrogen and oxygen atoms in total. The van der Waals surface area contributed by atoms with Crippen molar-refractivity contribution in [2.24, 2.45) is 5.73 Å². The summed E-state index contributed by atoms with van der Waals surface area (Å²) in [6.45, 7) is 1.20. The zero-order chi connectivity index (χ0) is 15.0. The minimum Gasteiger partial charge on any atom is -0.480 e. The molecule has 2 aromatic rings. The lowest BCUT2D eigenvalue weighted by atomic mass is 10.0. The third-order valence-electron chi connectivity index (χ3n) is 3.84. The number of benzene rings is 1. The summed E-state index contributed by atoms with van der Waals surface area (Å²) in [5.74, 6) is -0.474. The number of hydrogen-bond acceptors (Lipinski definition) is 5. The minimum atomic E-state index is -1.21. The molecule has 1 aromatic heterocycles. The predicted octanol–water partition coefficient (Wildman–Crippen LogP) is -0.0891. The summed E-state index contributed by atoms with van der Waals surface area (Å²) in [7, 11) is 0. The van der Waals surface area contributed by atoms with E-state index in [0.717, 1.165) is 0 Å². The summed E-state index contributed by atoms with van der Waals surface area (Å²) in [5.41, 5.74) is 5.07. The summed E-state index contributed by atoms with van der Waals surface area (Å²) in [6, 6.07) is 7.11. The SMILES string of the molecule is NC1(C(=O)O)CCN(Cc2nc3ccccc3c(=O)[nH]2)C1. The predicted molar refractivity (Wildman–Crippen MR) is 76.8 cm³/mol. The molecule has 1 fully saturated rings. The number of rotatable bonds is 3. The highest BCUT2D eigenvalue weighted by Gasteiger charge is 2.41. The first-order valence-corrected chi connectivity index (χ1v) is 6.70. The van der Waals surface area contributed by atoms with Crippen LogP contribution in [0.25, 0.3) is 10.9 Å². The molecule has 21 heavy (non-hydrogen) atoms. The van der Waals surface area contributed by atoms with Crippen LogP contribution in [0.2, 0.25) is 0 Å². The number of nitrogens with one attached hydrogen (secondary N) is 1. The monoisotopic (exact) mass is 288 g/mol. The second kappa shape index (κ2) is 4.94. The highest BCUT2D eigenvalue weighted by molar-refractivity contribution is 5.79. The molecule has 0 spiro atoms. The molecule has 0 saturated carbocycles. The molecule has 7 heteroatoms. The molecule has 0 bridgehead atoms. The number of fused-ring (bicyclic) bond motifs is 1. The Hall–Kier alpha value is -2.25. The molecular weight excluding hydrogens is 272 g/mol. The van der Waals surface area contributed by atoms with E-state index in [9.17, 15) is 9.59 Å². The molecule has 1 aromatic carbocycles. The number of aliphatic carboxylic acids is 1. The van der Waals surface area contributed by atoms with E-state index in [2.05, 4.69) is 9.97 Å². The number of carboxylic acids is 1. The summed E-state index contributed by atoms with van der Waals surface area (Å²) in [6.07, 6.45) is 0.389. The maximum Gasteiger partial charge on any atom is 0.325 e. The van der Waals surface area contributed by atoms with Gasteiger partial charge in [0.2, 0.25) is 0 Å². The Labute approximate surface area is 120 Å². The molecule has 1 aliphatic rings. The van der Waals surface area contributed by atoms with Gasteiger partial charge < -0.3 is 15.8 Å². The molecule has 1 aliphatic heterocycles. The average Bonchev–Trinajstić information content (AvgIpc) is 2.82. The van der Waals surface area contributed by atoms with Crippen LogP contribution in [0.4, 0.5) is 0 Å². The number of para-hydroxylation sites is 1. The van der Waals surface area contributed by atoms with E-state index in [4.69, 9.17) is 10.8 Å². The average molecular weight is 288 g/mol. The Morgan fingerprint density at radius 2 is 2.24 bits per heavy atom. The molecule has 1 unspecified atom stereocenters. The zero-order valence-corrected chi connectivity index (χ0v) is 11.4.